The first kappa shape index (κ1) is 8.42. The van der Waals surface area contributed by atoms with Gasteiger partial charge in [-0.15, -0.1) is 0 Å². The lowest BCUT2D eigenvalue weighted by atomic mass is 10.1. The van der Waals surface area contributed by atoms with Crippen molar-refractivity contribution in [3.05, 3.63) is 29.6 Å². The van der Waals surface area contributed by atoms with Gasteiger partial charge in [0.05, 0.1) is 0 Å². The molecule has 0 atom stereocenters. The summed E-state index contributed by atoms with van der Waals surface area (Å²) in [5, 5.41) is 0. The van der Waals surface area contributed by atoms with Crippen LogP contribution in [0.25, 0.3) is 0 Å². The van der Waals surface area contributed by atoms with Gasteiger partial charge in [0.1, 0.15) is 5.78 Å². The molecule has 0 amide bonds. The molecule has 1 aromatic rings. The Morgan fingerprint density at radius 3 is 3.00 bits per heavy atom. The van der Waals surface area contributed by atoms with Gasteiger partial charge in [-0.1, -0.05) is 0 Å². The van der Waals surface area contributed by atoms with Crippen LogP contribution in [0.15, 0.2) is 18.3 Å². The quantitative estimate of drug-likeness (QED) is 0.702. The van der Waals surface area contributed by atoms with Crippen LogP contribution in [0.1, 0.15) is 24.1 Å². The molecule has 1 aliphatic carbocycles. The molecule has 1 heterocycles. The number of aryl methyl sites for hydroxylation is 1. The number of nitrogens with zero attached hydrogens (tertiary/aromatic N) is 1. The SMILES string of the molecule is Cc1ccnc(CC(=O)C2CC2)c1. The van der Waals surface area contributed by atoms with Crippen molar-refractivity contribution in [2.24, 2.45) is 5.92 Å². The minimum absolute atomic E-state index is 0.349. The van der Waals surface area contributed by atoms with Gasteiger partial charge in [0.15, 0.2) is 0 Å². The molecule has 0 N–H and O–H groups in total. The first-order chi connectivity index (χ1) is 6.25. The molecule has 0 aliphatic heterocycles. The highest BCUT2D eigenvalue weighted by molar-refractivity contribution is 5.84. The maximum absolute atomic E-state index is 11.4. The number of rotatable bonds is 3. The zero-order valence-corrected chi connectivity index (χ0v) is 7.79. The Bertz CT molecular complexity index is 329. The Hall–Kier alpha value is -1.18. The molecular formula is C11H13NO. The van der Waals surface area contributed by atoms with Gasteiger partial charge in [-0.3, -0.25) is 9.78 Å². The number of aromatic nitrogens is 1. The van der Waals surface area contributed by atoms with Gasteiger partial charge in [-0.2, -0.15) is 0 Å². The summed E-state index contributed by atoms with van der Waals surface area (Å²) >= 11 is 0. The number of ketones is 1. The summed E-state index contributed by atoms with van der Waals surface area (Å²) in [6, 6.07) is 3.94. The molecule has 0 saturated heterocycles. The molecule has 0 radical (unpaired) electrons. The lowest BCUT2D eigenvalue weighted by molar-refractivity contribution is -0.119. The van der Waals surface area contributed by atoms with Gasteiger partial charge in [-0.05, 0) is 37.5 Å². The summed E-state index contributed by atoms with van der Waals surface area (Å²) in [7, 11) is 0. The summed E-state index contributed by atoms with van der Waals surface area (Å²) < 4.78 is 0. The second-order valence-electron chi connectivity index (χ2n) is 3.74. The van der Waals surface area contributed by atoms with E-state index < -0.39 is 0 Å². The van der Waals surface area contributed by atoms with E-state index >= 15 is 0 Å². The van der Waals surface area contributed by atoms with E-state index in [1.54, 1.807) is 6.20 Å². The van der Waals surface area contributed by atoms with Gasteiger partial charge >= 0.3 is 0 Å². The Kier molecular flexibility index (Phi) is 2.13. The third-order valence-electron chi connectivity index (χ3n) is 2.36. The predicted octanol–water partition coefficient (Wildman–Crippen LogP) is 1.91. The largest absolute Gasteiger partial charge is 0.299 e. The second kappa shape index (κ2) is 3.29. The highest BCUT2D eigenvalue weighted by Gasteiger charge is 2.29. The number of hydrogen-bond acceptors (Lipinski definition) is 2. The lowest BCUT2D eigenvalue weighted by Gasteiger charge is -1.99. The topological polar surface area (TPSA) is 30.0 Å². The van der Waals surface area contributed by atoms with Crippen molar-refractivity contribution in [3.8, 4) is 0 Å². The van der Waals surface area contributed by atoms with E-state index in [-0.39, 0.29) is 0 Å². The van der Waals surface area contributed by atoms with Crippen molar-refractivity contribution in [1.29, 1.82) is 0 Å². The van der Waals surface area contributed by atoms with Crippen LogP contribution in [0, 0.1) is 12.8 Å². The van der Waals surface area contributed by atoms with Gasteiger partial charge in [0.25, 0.3) is 0 Å². The van der Waals surface area contributed by atoms with Gasteiger partial charge in [0, 0.05) is 24.2 Å². The fourth-order valence-corrected chi connectivity index (χ4v) is 1.42. The van der Waals surface area contributed by atoms with Crippen molar-refractivity contribution in [2.45, 2.75) is 26.2 Å². The van der Waals surface area contributed by atoms with E-state index in [9.17, 15) is 4.79 Å². The number of pyridine rings is 1. The maximum atomic E-state index is 11.4. The number of carbonyl (C=O) groups is 1. The summed E-state index contributed by atoms with van der Waals surface area (Å²) in [5.41, 5.74) is 2.09. The van der Waals surface area contributed by atoms with Gasteiger partial charge < -0.3 is 0 Å². The van der Waals surface area contributed by atoms with E-state index in [0.717, 1.165) is 18.5 Å². The Morgan fingerprint density at radius 1 is 1.62 bits per heavy atom. The zero-order valence-electron chi connectivity index (χ0n) is 7.79. The van der Waals surface area contributed by atoms with Crippen molar-refractivity contribution in [3.63, 3.8) is 0 Å². The average Bonchev–Trinajstić information content (AvgIpc) is 2.85. The third kappa shape index (κ3) is 2.14. The molecule has 0 spiro atoms. The summed E-state index contributed by atoms with van der Waals surface area (Å²) in [5.74, 6) is 0.709. The first-order valence-corrected chi connectivity index (χ1v) is 4.70. The van der Waals surface area contributed by atoms with Crippen LogP contribution < -0.4 is 0 Å². The fraction of sp³-hybridized carbons (Fsp3) is 0.455. The van der Waals surface area contributed by atoms with E-state index in [4.69, 9.17) is 0 Å². The van der Waals surface area contributed by atoms with Crippen molar-refractivity contribution < 1.29 is 4.79 Å². The molecule has 0 aromatic carbocycles. The van der Waals surface area contributed by atoms with Crippen LogP contribution in [-0.2, 0) is 11.2 Å². The zero-order chi connectivity index (χ0) is 9.26. The minimum atomic E-state index is 0.349. The van der Waals surface area contributed by atoms with Crippen LogP contribution in [0.4, 0.5) is 0 Å². The number of carbonyl (C=O) groups excluding carboxylic acids is 1. The van der Waals surface area contributed by atoms with Crippen LogP contribution >= 0.6 is 0 Å². The standard InChI is InChI=1S/C11H13NO/c1-8-4-5-12-10(6-8)7-11(13)9-2-3-9/h4-6,9H,2-3,7H2,1H3. The monoisotopic (exact) mass is 175 g/mol. The summed E-state index contributed by atoms with van der Waals surface area (Å²) in [6.45, 7) is 2.02. The smallest absolute Gasteiger partial charge is 0.141 e. The lowest BCUT2D eigenvalue weighted by Crippen LogP contribution is -2.06. The third-order valence-corrected chi connectivity index (χ3v) is 2.36. The molecule has 2 rings (SSSR count). The molecule has 1 saturated carbocycles. The Balaban J connectivity index is 2.04. The summed E-state index contributed by atoms with van der Waals surface area (Å²) in [4.78, 5) is 15.6. The van der Waals surface area contributed by atoms with E-state index in [2.05, 4.69) is 4.98 Å². The van der Waals surface area contributed by atoms with Crippen molar-refractivity contribution in [1.82, 2.24) is 4.98 Å². The fourth-order valence-electron chi connectivity index (χ4n) is 1.42. The van der Waals surface area contributed by atoms with Crippen LogP contribution in [-0.4, -0.2) is 10.8 Å². The molecule has 1 fully saturated rings. The van der Waals surface area contributed by atoms with Gasteiger partial charge in [0.2, 0.25) is 0 Å². The first-order valence-electron chi connectivity index (χ1n) is 4.70. The van der Waals surface area contributed by atoms with E-state index in [1.165, 1.54) is 5.56 Å². The highest BCUT2D eigenvalue weighted by Crippen LogP contribution is 2.30. The van der Waals surface area contributed by atoms with E-state index in [1.807, 2.05) is 19.1 Å². The van der Waals surface area contributed by atoms with Crippen LogP contribution in [0.5, 0.6) is 0 Å². The Labute approximate surface area is 78.0 Å². The number of hydrogen-bond donors (Lipinski definition) is 0. The molecule has 2 nitrogen and oxygen atoms in total. The van der Waals surface area contributed by atoms with Gasteiger partial charge in [-0.25, -0.2) is 0 Å². The predicted molar refractivity (Wildman–Crippen MR) is 50.4 cm³/mol. The normalized spacial score (nSPS) is 15.8. The minimum Gasteiger partial charge on any atom is -0.299 e. The highest BCUT2D eigenvalue weighted by atomic mass is 16.1. The molecule has 68 valence electrons. The second-order valence-corrected chi connectivity index (χ2v) is 3.74. The average molecular weight is 175 g/mol. The number of Topliss-reactive ketones (excluding diaryl/α,β-unsaturated/α-hetero) is 1. The van der Waals surface area contributed by atoms with Crippen molar-refractivity contribution >= 4 is 5.78 Å². The van der Waals surface area contributed by atoms with Crippen LogP contribution in [0.2, 0.25) is 0 Å². The van der Waals surface area contributed by atoms with E-state index in [0.29, 0.717) is 18.1 Å². The Morgan fingerprint density at radius 2 is 2.38 bits per heavy atom. The molecule has 0 unspecified atom stereocenters. The molecule has 1 aliphatic rings. The molecular weight excluding hydrogens is 162 g/mol. The van der Waals surface area contributed by atoms with Crippen molar-refractivity contribution in [2.75, 3.05) is 0 Å². The molecule has 13 heavy (non-hydrogen) atoms. The van der Waals surface area contributed by atoms with Crippen LogP contribution in [0.3, 0.4) is 0 Å². The molecule has 1 aromatic heterocycles. The molecule has 0 bridgehead atoms. The summed E-state index contributed by atoms with van der Waals surface area (Å²) in [6.07, 6.45) is 4.46. The molecule has 2 heteroatoms. The maximum Gasteiger partial charge on any atom is 0.141 e.